The third-order valence-electron chi connectivity index (χ3n) is 7.73. The lowest BCUT2D eigenvalue weighted by Crippen LogP contribution is -2.44. The number of nitrogens with zero attached hydrogens (tertiary/aromatic N) is 1. The highest BCUT2D eigenvalue weighted by Crippen LogP contribution is 2.53. The molecule has 6 nitrogen and oxygen atoms in total. The Bertz CT molecular complexity index is 1320. The molecule has 4 atom stereocenters. The molecule has 2 fully saturated rings. The highest BCUT2D eigenvalue weighted by Gasteiger charge is 2.58. The van der Waals surface area contributed by atoms with Gasteiger partial charge in [0.1, 0.15) is 5.75 Å². The van der Waals surface area contributed by atoms with Crippen LogP contribution in [0.2, 0.25) is 0 Å². The highest BCUT2D eigenvalue weighted by atomic mass is 19.4. The van der Waals surface area contributed by atoms with E-state index in [1.165, 1.54) is 12.1 Å². The molecule has 13 heteroatoms. The Kier molecular flexibility index (Phi) is 6.57. The highest BCUT2D eigenvalue weighted by molar-refractivity contribution is 6.53. The Balaban J connectivity index is 1.57. The lowest BCUT2D eigenvalue weighted by Gasteiger charge is -2.42. The average Bonchev–Trinajstić information content (AvgIpc) is 3.12. The summed E-state index contributed by atoms with van der Waals surface area (Å²) >= 11 is 0. The van der Waals surface area contributed by atoms with Crippen molar-refractivity contribution in [2.24, 2.45) is 17.8 Å². The van der Waals surface area contributed by atoms with Gasteiger partial charge in [0.2, 0.25) is 11.8 Å². The summed E-state index contributed by atoms with van der Waals surface area (Å²) in [5.41, 5.74) is -2.43. The van der Waals surface area contributed by atoms with Gasteiger partial charge < -0.3 is 14.8 Å². The minimum Gasteiger partial charge on any atom is -0.508 e. The van der Waals surface area contributed by atoms with Crippen molar-refractivity contribution in [3.63, 3.8) is 0 Å². The number of benzene rings is 2. The summed E-state index contributed by atoms with van der Waals surface area (Å²) in [6.45, 7) is 1.78. The molecule has 206 valence electrons. The van der Waals surface area contributed by atoms with Crippen LogP contribution in [0.1, 0.15) is 49.0 Å². The van der Waals surface area contributed by atoms with Crippen LogP contribution in [0.4, 0.5) is 32.0 Å². The number of alkyl halides is 6. The summed E-state index contributed by atoms with van der Waals surface area (Å²) in [5, 5.41) is 20.5. The zero-order valence-electron chi connectivity index (χ0n) is 20.4. The second-order valence-corrected chi connectivity index (χ2v) is 9.94. The third-order valence-corrected chi connectivity index (χ3v) is 7.73. The van der Waals surface area contributed by atoms with Crippen molar-refractivity contribution < 1.29 is 50.7 Å². The summed E-state index contributed by atoms with van der Waals surface area (Å²) in [7, 11) is -1.43. The summed E-state index contributed by atoms with van der Waals surface area (Å²) in [6.07, 6.45) is -10.5. The lowest BCUT2D eigenvalue weighted by atomic mass is 9.55. The number of halogens is 6. The molecule has 0 radical (unpaired) electrons. The van der Waals surface area contributed by atoms with Crippen molar-refractivity contribution in [3.05, 3.63) is 70.2 Å². The van der Waals surface area contributed by atoms with Crippen molar-refractivity contribution in [1.82, 2.24) is 0 Å². The summed E-state index contributed by atoms with van der Waals surface area (Å²) in [5.74, 6) is -4.68. The Hall–Kier alpha value is -3.32. The van der Waals surface area contributed by atoms with Gasteiger partial charge in [-0.05, 0) is 66.5 Å². The fourth-order valence-corrected chi connectivity index (χ4v) is 5.98. The number of phenols is 1. The van der Waals surface area contributed by atoms with Crippen molar-refractivity contribution in [3.8, 4) is 5.75 Å². The molecule has 0 bridgehead atoms. The molecule has 5 rings (SSSR count). The minimum absolute atomic E-state index is 0.00628. The molecule has 0 spiro atoms. The Labute approximate surface area is 219 Å². The largest absolute Gasteiger partial charge is 0.508 e. The molecular formula is C26H22BF6NO5. The van der Waals surface area contributed by atoms with Gasteiger partial charge in [0.25, 0.3) is 0 Å². The molecule has 2 heterocycles. The number of carbonyl (C=O) groups is 2. The van der Waals surface area contributed by atoms with Gasteiger partial charge in [0, 0.05) is 0 Å². The molecule has 2 aromatic rings. The first-order valence-corrected chi connectivity index (χ1v) is 12.2. The molecule has 2 N–H and O–H groups in total. The van der Waals surface area contributed by atoms with Crippen LogP contribution < -0.4 is 4.90 Å². The first-order valence-electron chi connectivity index (χ1n) is 12.2. The Morgan fingerprint density at radius 2 is 1.54 bits per heavy atom. The Morgan fingerprint density at radius 3 is 2.08 bits per heavy atom. The van der Waals surface area contributed by atoms with E-state index in [4.69, 9.17) is 4.65 Å². The number of anilines is 1. The monoisotopic (exact) mass is 553 g/mol. The van der Waals surface area contributed by atoms with Gasteiger partial charge in [-0.1, -0.05) is 24.6 Å². The van der Waals surface area contributed by atoms with Gasteiger partial charge in [-0.2, -0.15) is 26.3 Å². The van der Waals surface area contributed by atoms with Crippen molar-refractivity contribution in [1.29, 1.82) is 0 Å². The van der Waals surface area contributed by atoms with Crippen LogP contribution in [0.25, 0.3) is 0 Å². The van der Waals surface area contributed by atoms with Crippen molar-refractivity contribution in [2.75, 3.05) is 4.90 Å². The second-order valence-electron chi connectivity index (χ2n) is 9.94. The van der Waals surface area contributed by atoms with Crippen LogP contribution >= 0.6 is 0 Å². The van der Waals surface area contributed by atoms with Gasteiger partial charge in [0.05, 0.1) is 34.8 Å². The number of rotatable bonds is 3. The van der Waals surface area contributed by atoms with Crippen LogP contribution in [-0.4, -0.2) is 29.1 Å². The van der Waals surface area contributed by atoms with E-state index in [-0.39, 0.29) is 24.7 Å². The SMILES string of the molecule is CCC1=C2B(O)O[C@H](c3ccc(O)cc3)C[C@H]2[C@H]2C(=O)N(c3cc(C(F)(F)F)cc(C(F)(F)F)c3)C(=O)[C@H]2C1. The summed E-state index contributed by atoms with van der Waals surface area (Å²) in [4.78, 5) is 27.6. The third kappa shape index (κ3) is 4.71. The molecule has 2 saturated heterocycles. The number of aromatic hydroxyl groups is 1. The van der Waals surface area contributed by atoms with Crippen LogP contribution in [0.3, 0.4) is 0 Å². The normalized spacial score (nSPS) is 25.7. The number of fused-ring (bicyclic) bond motifs is 3. The molecule has 3 aliphatic rings. The van der Waals surface area contributed by atoms with E-state index in [1.54, 1.807) is 19.1 Å². The summed E-state index contributed by atoms with van der Waals surface area (Å²) in [6, 6.07) is 6.64. The number of amides is 2. The first-order chi connectivity index (χ1) is 18.2. The van der Waals surface area contributed by atoms with Crippen LogP contribution in [-0.2, 0) is 26.6 Å². The number of carbonyl (C=O) groups excluding carboxylic acids is 2. The topological polar surface area (TPSA) is 87.1 Å². The zero-order valence-corrected chi connectivity index (χ0v) is 20.4. The van der Waals surface area contributed by atoms with E-state index >= 15 is 0 Å². The molecule has 2 amide bonds. The molecule has 1 aliphatic carbocycles. The van der Waals surface area contributed by atoms with E-state index in [0.29, 0.717) is 40.1 Å². The molecule has 39 heavy (non-hydrogen) atoms. The van der Waals surface area contributed by atoms with E-state index in [1.807, 2.05) is 0 Å². The zero-order chi connectivity index (χ0) is 28.4. The predicted octanol–water partition coefficient (Wildman–Crippen LogP) is 5.44. The van der Waals surface area contributed by atoms with Crippen LogP contribution in [0, 0.1) is 17.8 Å². The van der Waals surface area contributed by atoms with Gasteiger partial charge in [-0.25, -0.2) is 4.90 Å². The fraction of sp³-hybridized carbons (Fsp3) is 0.385. The van der Waals surface area contributed by atoms with Crippen LogP contribution in [0.15, 0.2) is 53.5 Å². The smallest absolute Gasteiger partial charge is 0.487 e. The number of phenolic OH excluding ortho intramolecular Hbond substituents is 1. The van der Waals surface area contributed by atoms with Gasteiger partial charge >= 0.3 is 19.5 Å². The van der Waals surface area contributed by atoms with E-state index in [9.17, 15) is 46.1 Å². The summed E-state index contributed by atoms with van der Waals surface area (Å²) < 4.78 is 86.7. The molecular weight excluding hydrogens is 531 g/mol. The number of allylic oxidation sites excluding steroid dienone is 2. The molecule has 0 aromatic heterocycles. The molecule has 0 saturated carbocycles. The quantitative estimate of drug-likeness (QED) is 0.300. The maximum absolute atomic E-state index is 13.7. The van der Waals surface area contributed by atoms with Gasteiger partial charge in [-0.3, -0.25) is 9.59 Å². The molecule has 2 aliphatic heterocycles. The lowest BCUT2D eigenvalue weighted by molar-refractivity contribution is -0.143. The van der Waals surface area contributed by atoms with E-state index < -0.39 is 72.0 Å². The molecule has 2 aromatic carbocycles. The average molecular weight is 553 g/mol. The van der Waals surface area contributed by atoms with Crippen molar-refractivity contribution in [2.45, 2.75) is 44.6 Å². The first kappa shape index (κ1) is 27.3. The number of hydrogen-bond donors (Lipinski definition) is 2. The maximum Gasteiger partial charge on any atom is 0.487 e. The van der Waals surface area contributed by atoms with E-state index in [2.05, 4.69) is 0 Å². The van der Waals surface area contributed by atoms with Crippen molar-refractivity contribution >= 4 is 24.6 Å². The molecule has 0 unspecified atom stereocenters. The van der Waals surface area contributed by atoms with Crippen LogP contribution in [0.5, 0.6) is 5.75 Å². The standard InChI is InChI=1S/C26H22BF6NO5/c1-2-12-7-19-21(18-11-20(39-27(38)22(12)18)13-3-5-17(35)6-4-13)24(37)34(23(19)36)16-9-14(25(28,29)30)8-15(10-16)26(31,32)33/h3-6,8-10,18-21,35,38H,2,7,11H2,1H3/t18-,19-,20-,21+/m0/s1. The maximum atomic E-state index is 13.7. The second kappa shape index (κ2) is 9.41. The van der Waals surface area contributed by atoms with Gasteiger partial charge in [0.15, 0.2) is 0 Å². The van der Waals surface area contributed by atoms with E-state index in [0.717, 1.165) is 0 Å². The van der Waals surface area contributed by atoms with Gasteiger partial charge in [-0.15, -0.1) is 0 Å². The predicted molar refractivity (Wildman–Crippen MR) is 126 cm³/mol. The number of imide groups is 1. The number of hydrogen-bond acceptors (Lipinski definition) is 5. The fourth-order valence-electron chi connectivity index (χ4n) is 5.98. The Morgan fingerprint density at radius 1 is 0.949 bits per heavy atom. The minimum atomic E-state index is -5.15.